The van der Waals surface area contributed by atoms with Gasteiger partial charge in [-0.05, 0) is 45.9 Å². The van der Waals surface area contributed by atoms with Crippen molar-refractivity contribution in [2.24, 2.45) is 0 Å². The van der Waals surface area contributed by atoms with Crippen LogP contribution < -0.4 is 0 Å². The Hall–Kier alpha value is -1.00. The zero-order valence-electron chi connectivity index (χ0n) is 11.4. The SMILES string of the molecule is CSc1ncc(C(O)/C=C(\C)CCC=C(C)C)o1. The molecule has 0 fully saturated rings. The van der Waals surface area contributed by atoms with E-state index in [2.05, 4.69) is 24.9 Å². The van der Waals surface area contributed by atoms with Crippen molar-refractivity contribution < 1.29 is 9.52 Å². The average Bonchev–Trinajstić information content (AvgIpc) is 2.76. The molecular weight excluding hydrogens is 246 g/mol. The third-order valence-corrected chi connectivity index (χ3v) is 3.04. The monoisotopic (exact) mass is 267 g/mol. The van der Waals surface area contributed by atoms with Crippen LogP contribution in [-0.4, -0.2) is 16.3 Å². The minimum absolute atomic E-state index is 0.501. The van der Waals surface area contributed by atoms with E-state index in [4.69, 9.17) is 4.42 Å². The molecular formula is C14H21NO2S. The molecule has 0 saturated carbocycles. The Morgan fingerprint density at radius 3 is 2.78 bits per heavy atom. The van der Waals surface area contributed by atoms with Crippen LogP contribution in [0.3, 0.4) is 0 Å². The summed E-state index contributed by atoms with van der Waals surface area (Å²) in [5.74, 6) is 0.501. The number of rotatable bonds is 6. The molecule has 3 nitrogen and oxygen atoms in total. The smallest absolute Gasteiger partial charge is 0.255 e. The number of hydrogen-bond acceptors (Lipinski definition) is 4. The maximum atomic E-state index is 9.97. The van der Waals surface area contributed by atoms with Gasteiger partial charge in [0, 0.05) is 0 Å². The predicted octanol–water partition coefficient (Wildman–Crippen LogP) is 4.12. The Balaban J connectivity index is 2.56. The summed E-state index contributed by atoms with van der Waals surface area (Å²) < 4.78 is 5.38. The lowest BCUT2D eigenvalue weighted by Gasteiger charge is -2.04. The van der Waals surface area contributed by atoms with Gasteiger partial charge in [0.25, 0.3) is 5.22 Å². The Morgan fingerprint density at radius 2 is 2.22 bits per heavy atom. The Bertz CT molecular complexity index is 431. The highest BCUT2D eigenvalue weighted by Gasteiger charge is 2.10. The van der Waals surface area contributed by atoms with Crippen molar-refractivity contribution in [3.05, 3.63) is 35.3 Å². The van der Waals surface area contributed by atoms with E-state index in [1.165, 1.54) is 17.3 Å². The second-order valence-corrected chi connectivity index (χ2v) is 5.27. The van der Waals surface area contributed by atoms with Crippen molar-refractivity contribution in [1.82, 2.24) is 4.98 Å². The lowest BCUT2D eigenvalue weighted by Crippen LogP contribution is -1.92. The third-order valence-electron chi connectivity index (χ3n) is 2.50. The van der Waals surface area contributed by atoms with Gasteiger partial charge in [-0.25, -0.2) is 4.98 Å². The maximum Gasteiger partial charge on any atom is 0.255 e. The highest BCUT2D eigenvalue weighted by molar-refractivity contribution is 7.98. The number of aromatic nitrogens is 1. The molecule has 0 aromatic carbocycles. The molecule has 100 valence electrons. The maximum absolute atomic E-state index is 9.97. The Morgan fingerprint density at radius 1 is 1.50 bits per heavy atom. The van der Waals surface area contributed by atoms with Crippen LogP contribution in [0.4, 0.5) is 0 Å². The summed E-state index contributed by atoms with van der Waals surface area (Å²) in [6, 6.07) is 0. The summed E-state index contributed by atoms with van der Waals surface area (Å²) in [5.41, 5.74) is 2.48. The van der Waals surface area contributed by atoms with Crippen molar-refractivity contribution in [2.75, 3.05) is 6.26 Å². The molecule has 1 unspecified atom stereocenters. The summed E-state index contributed by atoms with van der Waals surface area (Å²) in [4.78, 5) is 4.05. The lowest BCUT2D eigenvalue weighted by molar-refractivity contribution is 0.188. The molecule has 1 N–H and O–H groups in total. The number of nitrogens with zero attached hydrogens (tertiary/aromatic N) is 1. The molecule has 1 atom stereocenters. The molecule has 0 radical (unpaired) electrons. The molecule has 18 heavy (non-hydrogen) atoms. The molecule has 0 aliphatic heterocycles. The standard InChI is InChI=1S/C14H21NO2S/c1-10(2)6-5-7-11(3)8-12(16)13-9-15-14(17-13)18-4/h6,8-9,12,16H,5,7H2,1-4H3/b11-8+. The molecule has 0 aliphatic carbocycles. The van der Waals surface area contributed by atoms with E-state index in [1.54, 1.807) is 6.20 Å². The molecule has 0 aliphatic rings. The molecule has 1 heterocycles. The van der Waals surface area contributed by atoms with E-state index in [-0.39, 0.29) is 0 Å². The summed E-state index contributed by atoms with van der Waals surface area (Å²) >= 11 is 1.43. The van der Waals surface area contributed by atoms with Crippen molar-refractivity contribution in [3.63, 3.8) is 0 Å². The van der Waals surface area contributed by atoms with Crippen LogP contribution in [0.1, 0.15) is 45.5 Å². The van der Waals surface area contributed by atoms with Crippen LogP contribution in [0.15, 0.2) is 39.1 Å². The molecule has 0 spiro atoms. The van der Waals surface area contributed by atoms with Gasteiger partial charge in [0.2, 0.25) is 0 Å². The Kier molecular flexibility index (Phi) is 6.22. The lowest BCUT2D eigenvalue weighted by atomic mass is 10.1. The van der Waals surface area contributed by atoms with Gasteiger partial charge < -0.3 is 9.52 Å². The van der Waals surface area contributed by atoms with E-state index in [0.29, 0.717) is 11.0 Å². The molecule has 0 bridgehead atoms. The first-order valence-corrected chi connectivity index (χ1v) is 7.24. The van der Waals surface area contributed by atoms with Crippen molar-refractivity contribution >= 4 is 11.8 Å². The minimum atomic E-state index is -0.704. The van der Waals surface area contributed by atoms with Crippen LogP contribution in [0, 0.1) is 0 Å². The largest absolute Gasteiger partial charge is 0.433 e. The quantitative estimate of drug-likeness (QED) is 0.622. The van der Waals surface area contributed by atoms with Crippen molar-refractivity contribution in [3.8, 4) is 0 Å². The summed E-state index contributed by atoms with van der Waals surface area (Å²) in [7, 11) is 0. The third kappa shape index (κ3) is 5.10. The molecule has 0 amide bonds. The molecule has 1 rings (SSSR count). The highest BCUT2D eigenvalue weighted by Crippen LogP contribution is 2.22. The first-order chi connectivity index (χ1) is 8.52. The number of aliphatic hydroxyl groups is 1. The number of oxazole rings is 1. The molecule has 1 aromatic heterocycles. The average molecular weight is 267 g/mol. The van der Waals surface area contributed by atoms with Crippen LogP contribution >= 0.6 is 11.8 Å². The summed E-state index contributed by atoms with van der Waals surface area (Å²) in [6.45, 7) is 6.20. The van der Waals surface area contributed by atoms with E-state index < -0.39 is 6.10 Å². The zero-order chi connectivity index (χ0) is 13.5. The molecule has 1 aromatic rings. The first-order valence-electron chi connectivity index (χ1n) is 6.01. The fraction of sp³-hybridized carbons (Fsp3) is 0.500. The Labute approximate surface area is 113 Å². The van der Waals surface area contributed by atoms with Gasteiger partial charge in [0.1, 0.15) is 6.10 Å². The number of hydrogen-bond donors (Lipinski definition) is 1. The van der Waals surface area contributed by atoms with Gasteiger partial charge in [-0.15, -0.1) is 0 Å². The topological polar surface area (TPSA) is 46.3 Å². The van der Waals surface area contributed by atoms with Gasteiger partial charge in [0.15, 0.2) is 5.76 Å². The summed E-state index contributed by atoms with van der Waals surface area (Å²) in [5, 5.41) is 10.6. The van der Waals surface area contributed by atoms with E-state index in [1.807, 2.05) is 19.3 Å². The number of allylic oxidation sites excluding steroid dienone is 3. The van der Waals surface area contributed by atoms with Crippen LogP contribution in [0.5, 0.6) is 0 Å². The predicted molar refractivity (Wildman–Crippen MR) is 75.7 cm³/mol. The van der Waals surface area contributed by atoms with Crippen LogP contribution in [0.2, 0.25) is 0 Å². The van der Waals surface area contributed by atoms with E-state index >= 15 is 0 Å². The van der Waals surface area contributed by atoms with Crippen LogP contribution in [0.25, 0.3) is 0 Å². The van der Waals surface area contributed by atoms with Gasteiger partial charge in [-0.3, -0.25) is 0 Å². The van der Waals surface area contributed by atoms with Gasteiger partial charge in [0.05, 0.1) is 6.20 Å². The zero-order valence-corrected chi connectivity index (χ0v) is 12.3. The summed E-state index contributed by atoms with van der Waals surface area (Å²) in [6.07, 6.45) is 8.74. The fourth-order valence-corrected chi connectivity index (χ4v) is 1.86. The second kappa shape index (κ2) is 7.44. The highest BCUT2D eigenvalue weighted by atomic mass is 32.2. The van der Waals surface area contributed by atoms with Crippen LogP contribution in [-0.2, 0) is 0 Å². The number of thioether (sulfide) groups is 1. The van der Waals surface area contributed by atoms with E-state index in [0.717, 1.165) is 18.4 Å². The van der Waals surface area contributed by atoms with Crippen molar-refractivity contribution in [1.29, 1.82) is 0 Å². The molecule has 0 saturated heterocycles. The van der Waals surface area contributed by atoms with Gasteiger partial charge >= 0.3 is 0 Å². The van der Waals surface area contributed by atoms with E-state index in [9.17, 15) is 5.11 Å². The van der Waals surface area contributed by atoms with Crippen molar-refractivity contribution in [2.45, 2.75) is 44.9 Å². The molecule has 4 heteroatoms. The van der Waals surface area contributed by atoms with Gasteiger partial charge in [-0.2, -0.15) is 0 Å². The van der Waals surface area contributed by atoms with Gasteiger partial charge in [-0.1, -0.05) is 29.0 Å². The second-order valence-electron chi connectivity index (χ2n) is 4.51. The normalized spacial score (nSPS) is 13.5. The fourth-order valence-electron chi connectivity index (χ4n) is 1.52. The minimum Gasteiger partial charge on any atom is -0.433 e. The number of aliphatic hydroxyl groups excluding tert-OH is 1. The first kappa shape index (κ1) is 15.1.